The molecule has 0 saturated carbocycles. The van der Waals surface area contributed by atoms with Crippen LogP contribution in [0.25, 0.3) is 11.4 Å². The van der Waals surface area contributed by atoms with Crippen molar-refractivity contribution >= 4 is 58.0 Å². The lowest BCUT2D eigenvalue weighted by atomic mass is 10.2. The molecule has 0 aliphatic heterocycles. The molecule has 1 N–H and O–H groups in total. The van der Waals surface area contributed by atoms with Gasteiger partial charge >= 0.3 is 0 Å². The predicted molar refractivity (Wildman–Crippen MR) is 98.2 cm³/mol. The molecule has 1 aromatic heterocycles. The van der Waals surface area contributed by atoms with Crippen molar-refractivity contribution in [2.75, 3.05) is 0 Å². The molecular weight excluding hydrogens is 420 g/mol. The third-order valence-corrected chi connectivity index (χ3v) is 3.13. The van der Waals surface area contributed by atoms with E-state index in [4.69, 9.17) is 58.0 Å². The highest BCUT2D eigenvalue weighted by atomic mass is 35.6. The lowest BCUT2D eigenvalue weighted by Gasteiger charge is -2.09. The number of alkyl halides is 5. The molecular formula is C14H14Cl5FN4. The minimum absolute atomic E-state index is 0.00300. The van der Waals surface area contributed by atoms with E-state index in [1.54, 1.807) is 12.1 Å². The second kappa shape index (κ2) is 9.90. The van der Waals surface area contributed by atoms with Crippen LogP contribution in [0.15, 0.2) is 30.6 Å². The molecule has 0 bridgehead atoms. The quantitative estimate of drug-likeness (QED) is 0.530. The summed E-state index contributed by atoms with van der Waals surface area (Å²) in [6, 6.07) is 5.81. The summed E-state index contributed by atoms with van der Waals surface area (Å²) < 4.78 is 11.3. The minimum atomic E-state index is -1.73. The van der Waals surface area contributed by atoms with Crippen LogP contribution in [0.4, 0.5) is 4.39 Å². The fourth-order valence-corrected chi connectivity index (χ4v) is 2.23. The largest absolute Gasteiger partial charge is 0.286 e. The van der Waals surface area contributed by atoms with Gasteiger partial charge in [-0.2, -0.15) is 0 Å². The van der Waals surface area contributed by atoms with Crippen molar-refractivity contribution in [1.29, 1.82) is 0 Å². The minimum Gasteiger partial charge on any atom is -0.286 e. The van der Waals surface area contributed by atoms with Crippen molar-refractivity contribution in [2.24, 2.45) is 0 Å². The van der Waals surface area contributed by atoms with Crippen molar-refractivity contribution < 1.29 is 4.39 Å². The van der Waals surface area contributed by atoms with Crippen LogP contribution in [-0.2, 0) is 3.79 Å². The summed E-state index contributed by atoms with van der Waals surface area (Å²) in [5.41, 5.74) is 0.419. The molecule has 0 fully saturated rings. The van der Waals surface area contributed by atoms with E-state index in [9.17, 15) is 4.39 Å². The van der Waals surface area contributed by atoms with Crippen LogP contribution in [0, 0.1) is 5.82 Å². The molecule has 1 heterocycles. The van der Waals surface area contributed by atoms with Gasteiger partial charge in [0.05, 0.1) is 11.0 Å². The molecule has 24 heavy (non-hydrogen) atoms. The average Bonchev–Trinajstić information content (AvgIpc) is 2.46. The number of hydrogen-bond donors (Lipinski definition) is 1. The summed E-state index contributed by atoms with van der Waals surface area (Å²) in [7, 11) is 0. The van der Waals surface area contributed by atoms with Gasteiger partial charge in [0, 0.05) is 5.56 Å². The van der Waals surface area contributed by atoms with Crippen molar-refractivity contribution in [3.63, 3.8) is 0 Å². The Labute approximate surface area is 164 Å². The summed E-state index contributed by atoms with van der Waals surface area (Å²) in [6.45, 7) is 3.67. The Morgan fingerprint density at radius 1 is 1.08 bits per heavy atom. The van der Waals surface area contributed by atoms with E-state index >= 15 is 0 Å². The summed E-state index contributed by atoms with van der Waals surface area (Å²) in [5.74, 6) is -0.143. The molecule has 0 spiro atoms. The third kappa shape index (κ3) is 8.10. The normalized spacial score (nSPS) is 13.7. The number of benzene rings is 1. The zero-order chi connectivity index (χ0) is 18.3. The molecule has 2 rings (SSSR count). The smallest absolute Gasteiger partial charge is 0.250 e. The molecule has 2 aromatic rings. The Morgan fingerprint density at radius 3 is 2.17 bits per heavy atom. The Bertz CT molecular complexity index is 643. The molecule has 10 heteroatoms. The first kappa shape index (κ1) is 21.6. The predicted octanol–water partition coefficient (Wildman–Crippen LogP) is 5.25. The van der Waals surface area contributed by atoms with Gasteiger partial charge in [-0.25, -0.2) is 19.3 Å². The van der Waals surface area contributed by atoms with E-state index in [0.29, 0.717) is 5.56 Å². The number of nitrogens with zero attached hydrogens (tertiary/aromatic N) is 3. The number of aromatic nitrogens is 3. The Kier molecular flexibility index (Phi) is 8.91. The Hall–Kier alpha value is -0.430. The topological polar surface area (TPSA) is 50.7 Å². The van der Waals surface area contributed by atoms with Gasteiger partial charge in [0.1, 0.15) is 12.1 Å². The zero-order valence-corrected chi connectivity index (χ0v) is 16.4. The molecule has 132 valence electrons. The van der Waals surface area contributed by atoms with E-state index < -0.39 is 9.61 Å². The van der Waals surface area contributed by atoms with Crippen LogP contribution in [-0.4, -0.2) is 26.0 Å². The van der Waals surface area contributed by atoms with Gasteiger partial charge in [0.2, 0.25) is 3.79 Å². The van der Waals surface area contributed by atoms with Gasteiger partial charge in [-0.05, 0) is 26.0 Å². The van der Waals surface area contributed by atoms with E-state index in [-0.39, 0.29) is 22.7 Å². The van der Waals surface area contributed by atoms with Crippen LogP contribution in [0.2, 0.25) is 0 Å². The van der Waals surface area contributed by atoms with Gasteiger partial charge in [0.25, 0.3) is 0 Å². The molecule has 1 aromatic carbocycles. The maximum absolute atomic E-state index is 13.0. The van der Waals surface area contributed by atoms with Crippen LogP contribution in [0.5, 0.6) is 0 Å². The first-order chi connectivity index (χ1) is 11.1. The van der Waals surface area contributed by atoms with Gasteiger partial charge in [-0.15, -0.1) is 23.2 Å². The molecule has 0 aliphatic carbocycles. The monoisotopic (exact) mass is 432 g/mol. The molecule has 4 nitrogen and oxygen atoms in total. The fourth-order valence-electron chi connectivity index (χ4n) is 1.52. The number of rotatable bonds is 3. The second-order valence-corrected chi connectivity index (χ2v) is 8.13. The van der Waals surface area contributed by atoms with Gasteiger partial charge in [0.15, 0.2) is 11.6 Å². The van der Waals surface area contributed by atoms with Crippen LogP contribution in [0.1, 0.15) is 19.7 Å². The molecule has 0 saturated heterocycles. The fraction of sp³-hybridized carbons (Fsp3) is 0.357. The maximum Gasteiger partial charge on any atom is 0.250 e. The SMILES string of the molecule is CC(Cl)NC(C)Cl.Fc1cccc(-c2ncnc(C(Cl)(Cl)Cl)n2)c1. The van der Waals surface area contributed by atoms with Gasteiger partial charge in [-0.3, -0.25) is 5.32 Å². The molecule has 0 radical (unpaired) electrons. The van der Waals surface area contributed by atoms with Crippen molar-refractivity contribution in [3.8, 4) is 11.4 Å². The first-order valence-electron chi connectivity index (χ1n) is 6.66. The van der Waals surface area contributed by atoms with Crippen molar-refractivity contribution in [2.45, 2.75) is 28.6 Å². The highest BCUT2D eigenvalue weighted by Gasteiger charge is 2.27. The number of halogens is 6. The molecule has 2 unspecified atom stereocenters. The van der Waals surface area contributed by atoms with E-state index in [0.717, 1.165) is 0 Å². The summed E-state index contributed by atoms with van der Waals surface area (Å²) in [6.07, 6.45) is 1.21. The van der Waals surface area contributed by atoms with E-state index in [1.165, 1.54) is 18.5 Å². The standard InChI is InChI=1S/C10H5Cl3FN3.C4H9Cl2N/c11-10(12,13)9-16-5-15-8(17-9)6-2-1-3-7(14)4-6;1-3(5)7-4(2)6/h1-5H;3-4,7H,1-2H3. The maximum atomic E-state index is 13.0. The van der Waals surface area contributed by atoms with Crippen molar-refractivity contribution in [1.82, 2.24) is 20.3 Å². The Balaban J connectivity index is 0.000000351. The molecule has 2 atom stereocenters. The first-order valence-corrected chi connectivity index (χ1v) is 8.66. The second-order valence-electron chi connectivity index (χ2n) is 4.54. The number of hydrogen-bond acceptors (Lipinski definition) is 4. The summed E-state index contributed by atoms with van der Waals surface area (Å²) in [5, 5.41) is 2.84. The van der Waals surface area contributed by atoms with Crippen LogP contribution < -0.4 is 5.32 Å². The highest BCUT2D eigenvalue weighted by molar-refractivity contribution is 6.66. The third-order valence-electron chi connectivity index (χ3n) is 2.37. The molecule has 0 amide bonds. The van der Waals surface area contributed by atoms with Gasteiger partial charge in [-0.1, -0.05) is 46.9 Å². The highest BCUT2D eigenvalue weighted by Crippen LogP contribution is 2.35. The van der Waals surface area contributed by atoms with Crippen LogP contribution >= 0.6 is 58.0 Å². The number of nitrogens with one attached hydrogen (secondary N) is 1. The lowest BCUT2D eigenvalue weighted by Crippen LogP contribution is -2.25. The molecule has 0 aliphatic rings. The Morgan fingerprint density at radius 2 is 1.71 bits per heavy atom. The average molecular weight is 435 g/mol. The van der Waals surface area contributed by atoms with Crippen LogP contribution in [0.3, 0.4) is 0 Å². The van der Waals surface area contributed by atoms with Gasteiger partial charge < -0.3 is 0 Å². The lowest BCUT2D eigenvalue weighted by molar-refractivity contribution is 0.628. The summed E-state index contributed by atoms with van der Waals surface area (Å²) in [4.78, 5) is 11.6. The summed E-state index contributed by atoms with van der Waals surface area (Å²) >= 11 is 27.9. The van der Waals surface area contributed by atoms with E-state index in [1.807, 2.05) is 13.8 Å². The van der Waals surface area contributed by atoms with E-state index in [2.05, 4.69) is 20.3 Å². The zero-order valence-electron chi connectivity index (χ0n) is 12.7. The van der Waals surface area contributed by atoms with Crippen molar-refractivity contribution in [3.05, 3.63) is 42.2 Å².